The molecule has 158 valence electrons. The molecule has 6 nitrogen and oxygen atoms in total. The van der Waals surface area contributed by atoms with Gasteiger partial charge in [-0.1, -0.05) is 51.9 Å². The Morgan fingerprint density at radius 1 is 1.07 bits per heavy atom. The van der Waals surface area contributed by atoms with Crippen molar-refractivity contribution in [1.29, 1.82) is 0 Å². The smallest absolute Gasteiger partial charge is 0.307 e. The maximum atomic E-state index is 12.0. The van der Waals surface area contributed by atoms with Crippen molar-refractivity contribution in [2.45, 2.75) is 109 Å². The van der Waals surface area contributed by atoms with Crippen LogP contribution in [0.1, 0.15) is 78.6 Å². The largest absolute Gasteiger partial charge is 0.469 e. The van der Waals surface area contributed by atoms with E-state index < -0.39 is 11.9 Å². The SMILES string of the molecule is CCCCCCCCCCN1C[C@@H](O)[C@H]2OC(C)(C)O[C@H]2[C@@H]1CC(=O)OC. The average Bonchev–Trinajstić information content (AvgIpc) is 2.96. The topological polar surface area (TPSA) is 68.2 Å². The van der Waals surface area contributed by atoms with Crippen LogP contribution < -0.4 is 0 Å². The number of unbranched alkanes of at least 4 members (excludes halogenated alkanes) is 7. The van der Waals surface area contributed by atoms with Gasteiger partial charge < -0.3 is 19.3 Å². The minimum Gasteiger partial charge on any atom is -0.469 e. The van der Waals surface area contributed by atoms with E-state index in [0.717, 1.165) is 13.0 Å². The van der Waals surface area contributed by atoms with E-state index in [0.29, 0.717) is 6.54 Å². The van der Waals surface area contributed by atoms with E-state index in [1.807, 2.05) is 13.8 Å². The molecule has 0 aromatic rings. The van der Waals surface area contributed by atoms with Crippen molar-refractivity contribution in [1.82, 2.24) is 4.90 Å². The van der Waals surface area contributed by atoms with Crippen molar-refractivity contribution in [3.63, 3.8) is 0 Å². The van der Waals surface area contributed by atoms with Crippen LogP contribution in [-0.2, 0) is 19.0 Å². The first-order chi connectivity index (χ1) is 12.9. The lowest BCUT2D eigenvalue weighted by atomic mass is 9.91. The van der Waals surface area contributed by atoms with Gasteiger partial charge in [0.1, 0.15) is 12.2 Å². The first-order valence-corrected chi connectivity index (χ1v) is 10.7. The van der Waals surface area contributed by atoms with Crippen LogP contribution >= 0.6 is 0 Å². The van der Waals surface area contributed by atoms with E-state index in [4.69, 9.17) is 14.2 Å². The number of hydrogen-bond acceptors (Lipinski definition) is 6. The number of nitrogens with zero attached hydrogens (tertiary/aromatic N) is 1. The number of carbonyl (C=O) groups excluding carboxylic acids is 1. The minimum atomic E-state index is -0.737. The van der Waals surface area contributed by atoms with Crippen molar-refractivity contribution in [3.05, 3.63) is 0 Å². The van der Waals surface area contributed by atoms with Crippen LogP contribution in [0.15, 0.2) is 0 Å². The highest BCUT2D eigenvalue weighted by atomic mass is 16.8. The predicted molar refractivity (Wildman–Crippen MR) is 104 cm³/mol. The number of aliphatic hydroxyl groups excluding tert-OH is 1. The molecule has 2 saturated heterocycles. The van der Waals surface area contributed by atoms with Gasteiger partial charge in [-0.05, 0) is 26.8 Å². The molecule has 2 heterocycles. The molecule has 2 aliphatic heterocycles. The Balaban J connectivity index is 1.86. The molecule has 2 aliphatic rings. The summed E-state index contributed by atoms with van der Waals surface area (Å²) in [6.07, 6.45) is 9.05. The zero-order valence-electron chi connectivity index (χ0n) is 17.6. The van der Waals surface area contributed by atoms with E-state index in [-0.39, 0.29) is 30.6 Å². The third-order valence-electron chi connectivity index (χ3n) is 5.72. The molecular formula is C21H39NO5. The second kappa shape index (κ2) is 10.7. The number of aliphatic hydroxyl groups is 1. The van der Waals surface area contributed by atoms with Crippen molar-refractivity contribution >= 4 is 5.97 Å². The number of rotatable bonds is 11. The fraction of sp³-hybridized carbons (Fsp3) is 0.952. The number of fused-ring (bicyclic) bond motifs is 1. The van der Waals surface area contributed by atoms with Gasteiger partial charge in [-0.3, -0.25) is 9.69 Å². The summed E-state index contributed by atoms with van der Waals surface area (Å²) in [6.45, 7) is 7.33. The molecule has 0 bridgehead atoms. The Kier molecular flexibility index (Phi) is 8.99. The van der Waals surface area contributed by atoms with Crippen LogP contribution in [0.2, 0.25) is 0 Å². The molecule has 0 radical (unpaired) electrons. The maximum absolute atomic E-state index is 12.0. The molecular weight excluding hydrogens is 346 g/mol. The maximum Gasteiger partial charge on any atom is 0.307 e. The molecule has 0 aliphatic carbocycles. The van der Waals surface area contributed by atoms with Crippen LogP contribution in [0.5, 0.6) is 0 Å². The highest BCUT2D eigenvalue weighted by molar-refractivity contribution is 5.70. The first kappa shape index (κ1) is 22.6. The summed E-state index contributed by atoms with van der Waals surface area (Å²) in [7, 11) is 1.41. The second-order valence-electron chi connectivity index (χ2n) is 8.45. The minimum absolute atomic E-state index is 0.114. The number of carbonyl (C=O) groups is 1. The van der Waals surface area contributed by atoms with Gasteiger partial charge in [0.25, 0.3) is 0 Å². The highest BCUT2D eigenvalue weighted by Crippen LogP contribution is 2.37. The van der Waals surface area contributed by atoms with E-state index in [2.05, 4.69) is 11.8 Å². The number of β-amino-alcohol motifs (C(OH)–C–C–N with tert-alkyl or cyclic N) is 1. The molecule has 0 amide bonds. The summed E-state index contributed by atoms with van der Waals surface area (Å²) >= 11 is 0. The van der Waals surface area contributed by atoms with Gasteiger partial charge in [-0.25, -0.2) is 0 Å². The van der Waals surface area contributed by atoms with Crippen molar-refractivity contribution in [2.24, 2.45) is 0 Å². The van der Waals surface area contributed by atoms with Crippen molar-refractivity contribution < 1.29 is 24.1 Å². The zero-order valence-corrected chi connectivity index (χ0v) is 17.6. The lowest BCUT2D eigenvalue weighted by molar-refractivity contribution is -0.155. The second-order valence-corrected chi connectivity index (χ2v) is 8.45. The van der Waals surface area contributed by atoms with Crippen molar-refractivity contribution in [3.8, 4) is 0 Å². The molecule has 27 heavy (non-hydrogen) atoms. The lowest BCUT2D eigenvalue weighted by Crippen LogP contribution is -2.60. The summed E-state index contributed by atoms with van der Waals surface area (Å²) < 4.78 is 16.9. The first-order valence-electron chi connectivity index (χ1n) is 10.7. The molecule has 6 heteroatoms. The van der Waals surface area contributed by atoms with Gasteiger partial charge in [-0.15, -0.1) is 0 Å². The van der Waals surface area contributed by atoms with Gasteiger partial charge in [0.2, 0.25) is 0 Å². The predicted octanol–water partition coefficient (Wildman–Crippen LogP) is 3.26. The van der Waals surface area contributed by atoms with Crippen LogP contribution in [0, 0.1) is 0 Å². The molecule has 0 saturated carbocycles. The monoisotopic (exact) mass is 385 g/mol. The van der Waals surface area contributed by atoms with Gasteiger partial charge in [0.05, 0.1) is 19.6 Å². The average molecular weight is 386 g/mol. The van der Waals surface area contributed by atoms with Gasteiger partial charge in [0, 0.05) is 12.6 Å². The third kappa shape index (κ3) is 6.70. The normalized spacial score (nSPS) is 30.3. The number of piperidine rings is 1. The molecule has 1 N–H and O–H groups in total. The number of esters is 1. The Hall–Kier alpha value is -0.690. The Labute approximate surface area is 164 Å². The Morgan fingerprint density at radius 3 is 2.30 bits per heavy atom. The van der Waals surface area contributed by atoms with E-state index in [1.54, 1.807) is 0 Å². The standard InChI is InChI=1S/C21H39NO5/c1-5-6-7-8-9-10-11-12-13-22-15-17(23)20-19(26-21(2,3)27-20)16(22)14-18(24)25-4/h16-17,19-20,23H,5-15H2,1-4H3/t16-,17+,19-,20+/m0/s1. The summed E-state index contributed by atoms with van der Waals surface area (Å²) in [5.41, 5.74) is 0. The molecule has 2 rings (SSSR count). The number of methoxy groups -OCH3 is 1. The molecule has 4 atom stereocenters. The summed E-state index contributed by atoms with van der Waals surface area (Å²) in [5, 5.41) is 10.6. The quantitative estimate of drug-likeness (QED) is 0.435. The Morgan fingerprint density at radius 2 is 1.67 bits per heavy atom. The Bertz CT molecular complexity index is 456. The summed E-state index contributed by atoms with van der Waals surface area (Å²) in [6, 6.07) is -0.114. The lowest BCUT2D eigenvalue weighted by Gasteiger charge is -2.43. The van der Waals surface area contributed by atoms with Crippen LogP contribution in [0.3, 0.4) is 0 Å². The number of hydrogen-bond donors (Lipinski definition) is 1. The van der Waals surface area contributed by atoms with Crippen LogP contribution in [-0.4, -0.2) is 66.3 Å². The van der Waals surface area contributed by atoms with Gasteiger partial charge >= 0.3 is 5.97 Å². The van der Waals surface area contributed by atoms with Crippen LogP contribution in [0.25, 0.3) is 0 Å². The molecule has 0 unspecified atom stereocenters. The zero-order chi connectivity index (χ0) is 19.9. The molecule has 2 fully saturated rings. The molecule has 0 spiro atoms. The summed E-state index contributed by atoms with van der Waals surface area (Å²) in [4.78, 5) is 14.1. The van der Waals surface area contributed by atoms with Gasteiger partial charge in [-0.2, -0.15) is 0 Å². The fourth-order valence-corrected chi connectivity index (χ4v) is 4.30. The molecule has 0 aromatic carbocycles. The van der Waals surface area contributed by atoms with Crippen LogP contribution in [0.4, 0.5) is 0 Å². The van der Waals surface area contributed by atoms with E-state index in [1.165, 1.54) is 52.1 Å². The van der Waals surface area contributed by atoms with Crippen molar-refractivity contribution in [2.75, 3.05) is 20.2 Å². The molecule has 0 aromatic heterocycles. The summed E-state index contributed by atoms with van der Waals surface area (Å²) in [5.74, 6) is -0.983. The van der Waals surface area contributed by atoms with Gasteiger partial charge in [0.15, 0.2) is 5.79 Å². The number of likely N-dealkylation sites (tertiary alicyclic amines) is 1. The highest BCUT2D eigenvalue weighted by Gasteiger charge is 2.53. The number of ether oxygens (including phenoxy) is 3. The fourth-order valence-electron chi connectivity index (χ4n) is 4.30. The van der Waals surface area contributed by atoms with E-state index in [9.17, 15) is 9.90 Å². The third-order valence-corrected chi connectivity index (χ3v) is 5.72. The van der Waals surface area contributed by atoms with E-state index >= 15 is 0 Å².